The number of amides is 2. The topological polar surface area (TPSA) is 64.6 Å². The van der Waals surface area contributed by atoms with Crippen LogP contribution in [0, 0.1) is 5.92 Å². The number of nitrogens with zero attached hydrogens (tertiary/aromatic N) is 1. The Bertz CT molecular complexity index is 445. The summed E-state index contributed by atoms with van der Waals surface area (Å²) in [4.78, 5) is 13.9. The first-order valence-corrected chi connectivity index (χ1v) is 7.48. The third kappa shape index (κ3) is 5.27. The molecule has 0 saturated heterocycles. The Morgan fingerprint density at radius 1 is 1.24 bits per heavy atom. The number of nitrogens with one attached hydrogen (secondary N) is 2. The van der Waals surface area contributed by atoms with E-state index >= 15 is 0 Å². The number of rotatable bonds is 7. The van der Waals surface area contributed by atoms with Gasteiger partial charge in [-0.1, -0.05) is 38.8 Å². The first-order valence-electron chi connectivity index (χ1n) is 7.48. The van der Waals surface area contributed by atoms with Gasteiger partial charge in [-0.3, -0.25) is 0 Å². The average molecular weight is 293 g/mol. The molecule has 0 heterocycles. The van der Waals surface area contributed by atoms with Crippen molar-refractivity contribution in [3.05, 3.63) is 24.3 Å². The minimum Gasteiger partial charge on any atom is -0.391 e. The molecule has 3 N–H and O–H groups in total. The van der Waals surface area contributed by atoms with Crippen molar-refractivity contribution < 1.29 is 9.90 Å². The van der Waals surface area contributed by atoms with Crippen molar-refractivity contribution >= 4 is 17.4 Å². The van der Waals surface area contributed by atoms with Crippen LogP contribution in [0.5, 0.6) is 0 Å². The summed E-state index contributed by atoms with van der Waals surface area (Å²) in [5, 5.41) is 15.6. The van der Waals surface area contributed by atoms with E-state index in [2.05, 4.69) is 10.6 Å². The molecule has 1 rings (SSSR count). The van der Waals surface area contributed by atoms with Gasteiger partial charge in [-0.05, 0) is 18.1 Å². The van der Waals surface area contributed by atoms with Crippen LogP contribution in [0.3, 0.4) is 0 Å². The normalized spacial score (nSPS) is 12.1. The van der Waals surface area contributed by atoms with E-state index in [0.717, 1.165) is 24.2 Å². The van der Waals surface area contributed by atoms with Crippen LogP contribution in [-0.4, -0.2) is 37.9 Å². The van der Waals surface area contributed by atoms with Crippen molar-refractivity contribution in [2.24, 2.45) is 5.92 Å². The van der Waals surface area contributed by atoms with Gasteiger partial charge in [-0.15, -0.1) is 0 Å². The summed E-state index contributed by atoms with van der Waals surface area (Å²) in [5.74, 6) is 0.222. The lowest BCUT2D eigenvalue weighted by Gasteiger charge is -2.21. The lowest BCUT2D eigenvalue weighted by Crippen LogP contribution is -2.38. The lowest BCUT2D eigenvalue weighted by atomic mass is 9.97. The molecule has 0 bridgehead atoms. The highest BCUT2D eigenvalue weighted by molar-refractivity contribution is 5.93. The number of carbonyl (C=O) groups is 1. The fourth-order valence-electron chi connectivity index (χ4n) is 2.33. The van der Waals surface area contributed by atoms with Crippen LogP contribution in [-0.2, 0) is 0 Å². The van der Waals surface area contributed by atoms with Crippen molar-refractivity contribution in [1.82, 2.24) is 5.32 Å². The number of aliphatic hydroxyl groups excluding tert-OH is 1. The van der Waals surface area contributed by atoms with Crippen molar-refractivity contribution in [2.75, 3.05) is 30.9 Å². The minimum atomic E-state index is -0.505. The van der Waals surface area contributed by atoms with Gasteiger partial charge in [-0.2, -0.15) is 0 Å². The largest absolute Gasteiger partial charge is 0.391 e. The molecule has 0 aliphatic carbocycles. The zero-order valence-electron chi connectivity index (χ0n) is 13.4. The van der Waals surface area contributed by atoms with E-state index in [1.54, 1.807) is 0 Å². The fourth-order valence-corrected chi connectivity index (χ4v) is 2.33. The Balaban J connectivity index is 2.55. The van der Waals surface area contributed by atoms with Gasteiger partial charge in [-0.25, -0.2) is 4.79 Å². The number of carbonyl (C=O) groups excluding carboxylic acids is 1. The predicted octanol–water partition coefficient (Wildman–Crippen LogP) is 2.67. The van der Waals surface area contributed by atoms with E-state index in [-0.39, 0.29) is 18.5 Å². The molecule has 0 aliphatic rings. The fraction of sp³-hybridized carbons (Fsp3) is 0.562. The van der Waals surface area contributed by atoms with Crippen LogP contribution in [0.1, 0.15) is 26.7 Å². The smallest absolute Gasteiger partial charge is 0.319 e. The molecule has 5 nitrogen and oxygen atoms in total. The third-order valence-corrected chi connectivity index (χ3v) is 3.70. The van der Waals surface area contributed by atoms with E-state index in [1.807, 2.05) is 57.1 Å². The quantitative estimate of drug-likeness (QED) is 0.724. The highest BCUT2D eigenvalue weighted by atomic mass is 16.3. The van der Waals surface area contributed by atoms with Gasteiger partial charge >= 0.3 is 6.03 Å². The Hall–Kier alpha value is -1.75. The maximum atomic E-state index is 11.9. The number of hydrogen-bond acceptors (Lipinski definition) is 3. The van der Waals surface area contributed by atoms with Crippen molar-refractivity contribution in [3.8, 4) is 0 Å². The maximum absolute atomic E-state index is 11.9. The average Bonchev–Trinajstić information content (AvgIpc) is 2.46. The molecule has 1 aromatic rings. The molecular weight excluding hydrogens is 266 g/mol. The van der Waals surface area contributed by atoms with Gasteiger partial charge in [0.05, 0.1) is 17.5 Å². The van der Waals surface area contributed by atoms with E-state index in [4.69, 9.17) is 0 Å². The van der Waals surface area contributed by atoms with E-state index < -0.39 is 6.10 Å². The molecule has 0 fully saturated rings. The molecule has 5 heteroatoms. The van der Waals surface area contributed by atoms with Gasteiger partial charge in [0.2, 0.25) is 0 Å². The second kappa shape index (κ2) is 8.52. The second-order valence-corrected chi connectivity index (χ2v) is 5.39. The molecular formula is C16H27N3O2. The summed E-state index contributed by atoms with van der Waals surface area (Å²) in [6, 6.07) is 7.30. The van der Waals surface area contributed by atoms with Crippen molar-refractivity contribution in [2.45, 2.75) is 32.8 Å². The molecule has 21 heavy (non-hydrogen) atoms. The molecule has 0 saturated carbocycles. The molecule has 1 atom stereocenters. The standard InChI is InChI=1S/C16H27N3O2/c1-5-12(6-2)15(20)11-17-16(21)18-13-9-7-8-10-14(13)19(3)4/h7-10,12,15,20H,5-6,11H2,1-4H3,(H2,17,18,21). The summed E-state index contributed by atoms with van der Waals surface area (Å²) >= 11 is 0. The third-order valence-electron chi connectivity index (χ3n) is 3.70. The molecule has 0 spiro atoms. The SMILES string of the molecule is CCC(CC)C(O)CNC(=O)Nc1ccccc1N(C)C. The van der Waals surface area contributed by atoms with Crippen LogP contribution in [0.2, 0.25) is 0 Å². The molecule has 0 aromatic heterocycles. The summed E-state index contributed by atoms with van der Waals surface area (Å²) in [5.41, 5.74) is 1.69. The first-order chi connectivity index (χ1) is 9.99. The van der Waals surface area contributed by atoms with Crippen LogP contribution >= 0.6 is 0 Å². The van der Waals surface area contributed by atoms with Crippen molar-refractivity contribution in [1.29, 1.82) is 0 Å². The molecule has 118 valence electrons. The minimum absolute atomic E-state index is 0.222. The number of aliphatic hydroxyl groups is 1. The Morgan fingerprint density at radius 2 is 1.86 bits per heavy atom. The highest BCUT2D eigenvalue weighted by Gasteiger charge is 2.16. The number of hydrogen-bond donors (Lipinski definition) is 3. The summed E-state index contributed by atoms with van der Waals surface area (Å²) in [6.07, 6.45) is 1.31. The van der Waals surface area contributed by atoms with Gasteiger partial charge in [0.15, 0.2) is 0 Å². The Morgan fingerprint density at radius 3 is 2.43 bits per heavy atom. The number of urea groups is 1. The zero-order valence-corrected chi connectivity index (χ0v) is 13.4. The van der Waals surface area contributed by atoms with Crippen LogP contribution < -0.4 is 15.5 Å². The molecule has 0 radical (unpaired) electrons. The number of benzene rings is 1. The van der Waals surface area contributed by atoms with Crippen LogP contribution in [0.4, 0.5) is 16.2 Å². The Kier molecular flexibility index (Phi) is 7.02. The van der Waals surface area contributed by atoms with E-state index in [1.165, 1.54) is 0 Å². The molecule has 1 unspecified atom stereocenters. The molecule has 2 amide bonds. The summed E-state index contributed by atoms with van der Waals surface area (Å²) in [6.45, 7) is 4.36. The number of anilines is 2. The first kappa shape index (κ1) is 17.3. The second-order valence-electron chi connectivity index (χ2n) is 5.39. The van der Waals surface area contributed by atoms with E-state index in [9.17, 15) is 9.90 Å². The van der Waals surface area contributed by atoms with E-state index in [0.29, 0.717) is 0 Å². The van der Waals surface area contributed by atoms with Crippen molar-refractivity contribution in [3.63, 3.8) is 0 Å². The van der Waals surface area contributed by atoms with Gasteiger partial charge in [0, 0.05) is 20.6 Å². The Labute approximate surface area is 127 Å². The van der Waals surface area contributed by atoms with Crippen LogP contribution in [0.15, 0.2) is 24.3 Å². The molecule has 0 aliphatic heterocycles. The zero-order chi connectivity index (χ0) is 15.8. The van der Waals surface area contributed by atoms with Gasteiger partial charge < -0.3 is 20.6 Å². The van der Waals surface area contributed by atoms with Gasteiger partial charge in [0.25, 0.3) is 0 Å². The highest BCUT2D eigenvalue weighted by Crippen LogP contribution is 2.23. The summed E-state index contributed by atoms with van der Waals surface area (Å²) in [7, 11) is 3.85. The van der Waals surface area contributed by atoms with Gasteiger partial charge in [0.1, 0.15) is 0 Å². The lowest BCUT2D eigenvalue weighted by molar-refractivity contribution is 0.104. The maximum Gasteiger partial charge on any atom is 0.319 e. The molecule has 1 aromatic carbocycles. The van der Waals surface area contributed by atoms with Crippen LogP contribution in [0.25, 0.3) is 0 Å². The monoisotopic (exact) mass is 293 g/mol. The number of para-hydroxylation sites is 2. The predicted molar refractivity (Wildman–Crippen MR) is 87.9 cm³/mol. The summed E-state index contributed by atoms with van der Waals surface area (Å²) < 4.78 is 0.